The van der Waals surface area contributed by atoms with Crippen molar-refractivity contribution in [1.29, 1.82) is 0 Å². The van der Waals surface area contributed by atoms with Gasteiger partial charge in [0.2, 0.25) is 0 Å². The van der Waals surface area contributed by atoms with Gasteiger partial charge in [0.1, 0.15) is 5.75 Å². The molecule has 0 bridgehead atoms. The number of aromatic nitrogens is 2. The zero-order chi connectivity index (χ0) is 23.8. The van der Waals surface area contributed by atoms with E-state index in [2.05, 4.69) is 20.0 Å². The van der Waals surface area contributed by atoms with E-state index in [1.165, 1.54) is 36.3 Å². The maximum atomic E-state index is 12.1. The van der Waals surface area contributed by atoms with Crippen molar-refractivity contribution in [3.63, 3.8) is 0 Å². The van der Waals surface area contributed by atoms with Crippen molar-refractivity contribution in [3.05, 3.63) is 52.1 Å². The van der Waals surface area contributed by atoms with Crippen LogP contribution in [0.2, 0.25) is 5.02 Å². The number of anilines is 2. The highest BCUT2D eigenvalue weighted by atomic mass is 35.5. The second kappa shape index (κ2) is 11.9. The predicted molar refractivity (Wildman–Crippen MR) is 129 cm³/mol. The third-order valence-corrected chi connectivity index (χ3v) is 6.29. The summed E-state index contributed by atoms with van der Waals surface area (Å²) >= 11 is 9.21. The molecule has 3 rings (SSSR count). The Morgan fingerprint density at radius 1 is 1.24 bits per heavy atom. The predicted octanol–water partition coefficient (Wildman–Crippen LogP) is 5.87. The number of nitrogens with zero attached hydrogens (tertiary/aromatic N) is 2. The fourth-order valence-electron chi connectivity index (χ4n) is 2.59. The number of benzene rings is 1. The molecule has 1 N–H and O–H groups in total. The molecule has 0 spiro atoms. The number of rotatable bonds is 10. The lowest BCUT2D eigenvalue weighted by atomic mass is 10.2. The van der Waals surface area contributed by atoms with Gasteiger partial charge in [-0.15, -0.1) is 23.1 Å². The molecule has 3 aromatic rings. The van der Waals surface area contributed by atoms with Crippen LogP contribution in [0.3, 0.4) is 0 Å². The van der Waals surface area contributed by atoms with Gasteiger partial charge in [-0.1, -0.05) is 11.6 Å². The summed E-state index contributed by atoms with van der Waals surface area (Å²) < 4.78 is 15.8. The first-order chi connectivity index (χ1) is 15.9. The maximum Gasteiger partial charge on any atom is 0.338 e. The molecule has 0 amide bonds. The van der Waals surface area contributed by atoms with Crippen LogP contribution in [0.5, 0.6) is 11.5 Å². The van der Waals surface area contributed by atoms with Crippen LogP contribution in [0.4, 0.5) is 10.9 Å². The average molecular weight is 508 g/mol. The van der Waals surface area contributed by atoms with E-state index in [-0.39, 0.29) is 24.7 Å². The highest BCUT2D eigenvalue weighted by molar-refractivity contribution is 7.99. The molecule has 1 aromatic carbocycles. The molecule has 0 saturated carbocycles. The summed E-state index contributed by atoms with van der Waals surface area (Å²) in [5, 5.41) is 6.05. The van der Waals surface area contributed by atoms with Crippen molar-refractivity contribution in [3.8, 4) is 11.5 Å². The number of nitrogens with one attached hydrogen (secondary N) is 1. The van der Waals surface area contributed by atoms with E-state index in [0.29, 0.717) is 33.0 Å². The summed E-state index contributed by atoms with van der Waals surface area (Å²) in [7, 11) is 1.36. The van der Waals surface area contributed by atoms with Crippen molar-refractivity contribution in [2.75, 3.05) is 24.8 Å². The van der Waals surface area contributed by atoms with E-state index in [1.54, 1.807) is 31.3 Å². The number of carbonyl (C=O) groups is 2. The van der Waals surface area contributed by atoms with Crippen LogP contribution in [0, 0.1) is 6.92 Å². The smallest absolute Gasteiger partial charge is 0.338 e. The van der Waals surface area contributed by atoms with E-state index < -0.39 is 5.97 Å². The van der Waals surface area contributed by atoms with Crippen molar-refractivity contribution < 1.29 is 23.8 Å². The Hall–Kier alpha value is -2.82. The van der Waals surface area contributed by atoms with Gasteiger partial charge >= 0.3 is 11.9 Å². The van der Waals surface area contributed by atoms with Gasteiger partial charge in [-0.2, -0.15) is 0 Å². The van der Waals surface area contributed by atoms with E-state index in [1.807, 2.05) is 12.3 Å². The Labute approximate surface area is 204 Å². The number of carbonyl (C=O) groups excluding carboxylic acids is 2. The largest absolute Gasteiger partial charge is 0.469 e. The Bertz CT molecular complexity index is 1140. The third-order valence-electron chi connectivity index (χ3n) is 4.14. The van der Waals surface area contributed by atoms with Gasteiger partial charge < -0.3 is 19.5 Å². The minimum atomic E-state index is -0.471. The molecule has 0 unspecified atom stereocenters. The molecule has 174 valence electrons. The monoisotopic (exact) mass is 507 g/mol. The number of aryl methyl sites for hydroxylation is 1. The minimum absolute atomic E-state index is 0.258. The molecule has 2 heterocycles. The van der Waals surface area contributed by atoms with E-state index in [9.17, 15) is 9.59 Å². The minimum Gasteiger partial charge on any atom is -0.469 e. The maximum absolute atomic E-state index is 12.1. The third kappa shape index (κ3) is 7.08. The van der Waals surface area contributed by atoms with Gasteiger partial charge in [0.25, 0.3) is 0 Å². The summed E-state index contributed by atoms with van der Waals surface area (Å²) in [6.45, 7) is 3.89. The second-order valence-electron chi connectivity index (χ2n) is 6.58. The van der Waals surface area contributed by atoms with Crippen molar-refractivity contribution >= 4 is 57.6 Å². The Morgan fingerprint density at radius 2 is 2.06 bits per heavy atom. The van der Waals surface area contributed by atoms with Crippen LogP contribution in [-0.2, 0) is 14.3 Å². The number of pyridine rings is 1. The summed E-state index contributed by atoms with van der Waals surface area (Å²) in [6.07, 6.45) is 1.94. The Morgan fingerprint density at radius 3 is 2.76 bits per heavy atom. The van der Waals surface area contributed by atoms with Crippen LogP contribution in [0.25, 0.3) is 0 Å². The average Bonchev–Trinajstić information content (AvgIpc) is 3.21. The van der Waals surface area contributed by atoms with Gasteiger partial charge in [-0.25, -0.2) is 14.8 Å². The molecular weight excluding hydrogens is 486 g/mol. The molecule has 0 aliphatic heterocycles. The normalized spacial score (nSPS) is 10.5. The molecule has 33 heavy (non-hydrogen) atoms. The van der Waals surface area contributed by atoms with Gasteiger partial charge in [-0.05, 0) is 38.1 Å². The first-order valence-electron chi connectivity index (χ1n) is 9.93. The summed E-state index contributed by atoms with van der Waals surface area (Å²) in [5.41, 5.74) is 1.20. The molecule has 11 heteroatoms. The van der Waals surface area contributed by atoms with Crippen LogP contribution >= 0.6 is 34.7 Å². The number of halogens is 1. The Kier molecular flexibility index (Phi) is 8.93. The van der Waals surface area contributed by atoms with Crippen LogP contribution in [0.15, 0.2) is 40.7 Å². The quantitative estimate of drug-likeness (QED) is 0.267. The van der Waals surface area contributed by atoms with Gasteiger partial charge in [0.15, 0.2) is 16.7 Å². The number of esters is 2. The molecule has 2 aromatic heterocycles. The fourth-order valence-corrected chi connectivity index (χ4v) is 4.25. The molecule has 0 fully saturated rings. The first-order valence-corrected chi connectivity index (χ1v) is 12.2. The van der Waals surface area contributed by atoms with Gasteiger partial charge in [0, 0.05) is 22.2 Å². The van der Waals surface area contributed by atoms with Gasteiger partial charge in [0.05, 0.1) is 36.4 Å². The summed E-state index contributed by atoms with van der Waals surface area (Å²) in [5.74, 6) is 0.853. The molecule has 0 saturated heterocycles. The number of thioether (sulfide) groups is 1. The number of ether oxygens (including phenoxy) is 3. The lowest BCUT2D eigenvalue weighted by molar-refractivity contribution is -0.140. The zero-order valence-electron chi connectivity index (χ0n) is 18.2. The van der Waals surface area contributed by atoms with Crippen molar-refractivity contribution in [2.45, 2.75) is 25.2 Å². The SMILES string of the molecule is CCOC(=O)c1ccc(Cl)c(Oc2cc(SCCC(=O)OC)cnc2Nc2nc(C)cs2)c1. The van der Waals surface area contributed by atoms with Crippen LogP contribution in [-0.4, -0.2) is 41.4 Å². The highest BCUT2D eigenvalue weighted by Gasteiger charge is 2.16. The standard InChI is InChI=1S/C22H22ClN3O5S2/c1-4-30-21(28)14-5-6-16(23)17(9-14)31-18-10-15(32-8-7-19(27)29-3)11-24-20(18)26-22-25-13(2)12-33-22/h5-6,9-12H,4,7-8H2,1-3H3,(H,24,25,26). The Balaban J connectivity index is 1.89. The van der Waals surface area contributed by atoms with Crippen LogP contribution in [0.1, 0.15) is 29.4 Å². The number of hydrogen-bond donors (Lipinski definition) is 1. The van der Waals surface area contributed by atoms with Crippen LogP contribution < -0.4 is 10.1 Å². The molecule has 8 nitrogen and oxygen atoms in total. The molecule has 0 radical (unpaired) electrons. The lowest BCUT2D eigenvalue weighted by Gasteiger charge is -2.14. The number of hydrogen-bond acceptors (Lipinski definition) is 10. The topological polar surface area (TPSA) is 99.6 Å². The molecule has 0 aliphatic carbocycles. The van der Waals surface area contributed by atoms with E-state index >= 15 is 0 Å². The lowest BCUT2D eigenvalue weighted by Crippen LogP contribution is -2.05. The second-order valence-corrected chi connectivity index (χ2v) is 9.01. The van der Waals surface area contributed by atoms with Gasteiger partial charge in [-0.3, -0.25) is 4.79 Å². The van der Waals surface area contributed by atoms with E-state index in [0.717, 1.165) is 10.6 Å². The molecular formula is C22H22ClN3O5S2. The zero-order valence-corrected chi connectivity index (χ0v) is 20.6. The first kappa shape index (κ1) is 24.8. The number of thiazole rings is 1. The summed E-state index contributed by atoms with van der Waals surface area (Å²) in [6, 6.07) is 6.45. The molecule has 0 aliphatic rings. The van der Waals surface area contributed by atoms with Crippen molar-refractivity contribution in [1.82, 2.24) is 9.97 Å². The molecule has 0 atom stereocenters. The van der Waals surface area contributed by atoms with Crippen molar-refractivity contribution in [2.24, 2.45) is 0 Å². The number of methoxy groups -OCH3 is 1. The summed E-state index contributed by atoms with van der Waals surface area (Å²) in [4.78, 5) is 33.2. The fraction of sp³-hybridized carbons (Fsp3) is 0.273. The highest BCUT2D eigenvalue weighted by Crippen LogP contribution is 2.37. The van der Waals surface area contributed by atoms with E-state index in [4.69, 9.17) is 21.1 Å².